The molecule has 4 rings (SSSR count). The average molecular weight is 242 g/mol. The summed E-state index contributed by atoms with van der Waals surface area (Å²) in [6, 6.07) is 6.96. The number of aliphatic hydroxyl groups is 1. The highest BCUT2D eigenvalue weighted by Gasteiger charge is 2.29. The summed E-state index contributed by atoms with van der Waals surface area (Å²) >= 11 is 0. The number of benzene rings is 1. The van der Waals surface area contributed by atoms with Crippen LogP contribution in [0.2, 0.25) is 0 Å². The molecule has 2 aromatic rings. The van der Waals surface area contributed by atoms with E-state index in [9.17, 15) is 5.11 Å². The summed E-state index contributed by atoms with van der Waals surface area (Å²) in [6.07, 6.45) is 3.72. The molecule has 0 saturated heterocycles. The van der Waals surface area contributed by atoms with E-state index < -0.39 is 0 Å². The van der Waals surface area contributed by atoms with Gasteiger partial charge in [-0.1, -0.05) is 6.07 Å². The van der Waals surface area contributed by atoms with Crippen LogP contribution in [-0.4, -0.2) is 16.2 Å². The van der Waals surface area contributed by atoms with Gasteiger partial charge in [-0.2, -0.15) is 0 Å². The number of fused-ring (bicyclic) bond motifs is 3. The highest BCUT2D eigenvalue weighted by Crippen LogP contribution is 2.39. The fourth-order valence-electron chi connectivity index (χ4n) is 3.66. The second-order valence-electron chi connectivity index (χ2n) is 5.42. The van der Waals surface area contributed by atoms with Crippen molar-refractivity contribution in [2.45, 2.75) is 38.5 Å². The van der Waals surface area contributed by atoms with Gasteiger partial charge in [0.1, 0.15) is 0 Å². The highest BCUT2D eigenvalue weighted by atomic mass is 16.3. The largest absolute Gasteiger partial charge is 0.392 e. The number of aliphatic hydroxyl groups excluding tert-OH is 1. The Labute approximate surface area is 106 Å². The van der Waals surface area contributed by atoms with E-state index in [0.717, 1.165) is 18.7 Å². The van der Waals surface area contributed by atoms with E-state index in [1.54, 1.807) is 0 Å². The number of rotatable bonds is 1. The molecule has 0 fully saturated rings. The first-order valence-corrected chi connectivity index (χ1v) is 6.86. The van der Waals surface area contributed by atoms with Gasteiger partial charge in [0, 0.05) is 35.7 Å². The lowest BCUT2D eigenvalue weighted by Gasteiger charge is -2.31. The molecule has 1 aromatic heterocycles. The molecule has 1 aromatic carbocycles. The molecule has 1 unspecified atom stereocenters. The summed E-state index contributed by atoms with van der Waals surface area (Å²) in [5, 5.41) is 14.3. The van der Waals surface area contributed by atoms with Crippen LogP contribution in [0, 0.1) is 0 Å². The summed E-state index contributed by atoms with van der Waals surface area (Å²) in [7, 11) is 0. The first-order valence-electron chi connectivity index (χ1n) is 6.86. The zero-order chi connectivity index (χ0) is 12.1. The SMILES string of the molecule is OCc1ccc2c(c1)c1c3n2CCNC3CCC1. The van der Waals surface area contributed by atoms with Crippen molar-refractivity contribution in [1.82, 2.24) is 9.88 Å². The van der Waals surface area contributed by atoms with E-state index in [4.69, 9.17) is 0 Å². The van der Waals surface area contributed by atoms with Gasteiger partial charge in [-0.3, -0.25) is 0 Å². The normalized spacial score (nSPS) is 22.2. The molecule has 2 aliphatic rings. The molecule has 0 saturated carbocycles. The van der Waals surface area contributed by atoms with Crippen molar-refractivity contribution in [3.63, 3.8) is 0 Å². The summed E-state index contributed by atoms with van der Waals surface area (Å²) in [4.78, 5) is 0. The van der Waals surface area contributed by atoms with Crippen molar-refractivity contribution in [2.24, 2.45) is 0 Å². The van der Waals surface area contributed by atoms with Crippen LogP contribution in [0.25, 0.3) is 10.9 Å². The Morgan fingerprint density at radius 2 is 2.33 bits per heavy atom. The molecule has 0 radical (unpaired) electrons. The minimum absolute atomic E-state index is 0.136. The fraction of sp³-hybridized carbons (Fsp3) is 0.467. The average Bonchev–Trinajstić information content (AvgIpc) is 2.76. The van der Waals surface area contributed by atoms with Crippen LogP contribution in [-0.2, 0) is 19.6 Å². The molecule has 2 heterocycles. The van der Waals surface area contributed by atoms with Crippen molar-refractivity contribution in [3.8, 4) is 0 Å². The van der Waals surface area contributed by atoms with Crippen molar-refractivity contribution in [3.05, 3.63) is 35.0 Å². The van der Waals surface area contributed by atoms with Gasteiger partial charge in [0.05, 0.1) is 6.61 Å². The van der Waals surface area contributed by atoms with E-state index in [2.05, 4.69) is 22.0 Å². The molecule has 0 bridgehead atoms. The van der Waals surface area contributed by atoms with Crippen molar-refractivity contribution < 1.29 is 5.11 Å². The van der Waals surface area contributed by atoms with Crippen LogP contribution in [0.3, 0.4) is 0 Å². The molecular formula is C15H18N2O. The maximum absolute atomic E-state index is 9.31. The Morgan fingerprint density at radius 1 is 1.39 bits per heavy atom. The monoisotopic (exact) mass is 242 g/mol. The van der Waals surface area contributed by atoms with E-state index in [-0.39, 0.29) is 6.61 Å². The molecule has 0 amide bonds. The smallest absolute Gasteiger partial charge is 0.0682 e. The van der Waals surface area contributed by atoms with Gasteiger partial charge in [0.25, 0.3) is 0 Å². The van der Waals surface area contributed by atoms with Crippen molar-refractivity contribution in [1.29, 1.82) is 0 Å². The third-order valence-electron chi connectivity index (χ3n) is 4.44. The summed E-state index contributed by atoms with van der Waals surface area (Å²) in [5.41, 5.74) is 5.41. The van der Waals surface area contributed by atoms with Gasteiger partial charge in [0.2, 0.25) is 0 Å². The second-order valence-corrected chi connectivity index (χ2v) is 5.42. The standard InChI is InChI=1S/C15H18N2O/c18-9-10-4-5-14-12(8-10)11-2-1-3-13-15(11)17(14)7-6-16-13/h4-5,8,13,16,18H,1-3,6-7,9H2. The minimum Gasteiger partial charge on any atom is -0.392 e. The molecule has 2 N–H and O–H groups in total. The Balaban J connectivity index is 2.05. The van der Waals surface area contributed by atoms with Gasteiger partial charge >= 0.3 is 0 Å². The first kappa shape index (κ1) is 10.6. The molecular weight excluding hydrogens is 224 g/mol. The lowest BCUT2D eigenvalue weighted by Crippen LogP contribution is -2.35. The van der Waals surface area contributed by atoms with E-state index >= 15 is 0 Å². The van der Waals surface area contributed by atoms with Crippen molar-refractivity contribution in [2.75, 3.05) is 6.54 Å². The second kappa shape index (κ2) is 3.84. The molecule has 18 heavy (non-hydrogen) atoms. The molecule has 3 heteroatoms. The predicted octanol–water partition coefficient (Wildman–Crippen LogP) is 2.11. The number of nitrogens with zero attached hydrogens (tertiary/aromatic N) is 1. The summed E-state index contributed by atoms with van der Waals surface area (Å²) in [6.45, 7) is 2.28. The van der Waals surface area contributed by atoms with E-state index in [1.807, 2.05) is 6.07 Å². The number of aromatic nitrogens is 1. The van der Waals surface area contributed by atoms with Crippen LogP contribution in [0.1, 0.15) is 35.7 Å². The van der Waals surface area contributed by atoms with Gasteiger partial charge in [-0.25, -0.2) is 0 Å². The van der Waals surface area contributed by atoms with Crippen molar-refractivity contribution >= 4 is 10.9 Å². The lowest BCUT2D eigenvalue weighted by atomic mass is 9.90. The fourth-order valence-corrected chi connectivity index (χ4v) is 3.66. The van der Waals surface area contributed by atoms with Gasteiger partial charge in [0.15, 0.2) is 0 Å². The molecule has 1 atom stereocenters. The Morgan fingerprint density at radius 3 is 3.22 bits per heavy atom. The predicted molar refractivity (Wildman–Crippen MR) is 71.5 cm³/mol. The van der Waals surface area contributed by atoms with Crippen LogP contribution < -0.4 is 5.32 Å². The molecule has 94 valence electrons. The maximum atomic E-state index is 9.31. The highest BCUT2D eigenvalue weighted by molar-refractivity contribution is 5.87. The lowest BCUT2D eigenvalue weighted by molar-refractivity contribution is 0.282. The van der Waals surface area contributed by atoms with Gasteiger partial charge < -0.3 is 15.0 Å². The minimum atomic E-state index is 0.136. The maximum Gasteiger partial charge on any atom is 0.0682 e. The number of aryl methyl sites for hydroxylation is 1. The zero-order valence-corrected chi connectivity index (χ0v) is 10.4. The number of nitrogens with one attached hydrogen (secondary N) is 1. The molecule has 1 aliphatic carbocycles. The third kappa shape index (κ3) is 1.32. The molecule has 3 nitrogen and oxygen atoms in total. The van der Waals surface area contributed by atoms with Gasteiger partial charge in [-0.05, 0) is 42.5 Å². The Bertz CT molecular complexity index is 612. The Kier molecular flexibility index (Phi) is 2.26. The number of hydrogen-bond donors (Lipinski definition) is 2. The van der Waals surface area contributed by atoms with Crippen LogP contribution in [0.4, 0.5) is 0 Å². The summed E-state index contributed by atoms with van der Waals surface area (Å²) < 4.78 is 2.49. The van der Waals surface area contributed by atoms with Gasteiger partial charge in [-0.15, -0.1) is 0 Å². The topological polar surface area (TPSA) is 37.2 Å². The Hall–Kier alpha value is -1.32. The van der Waals surface area contributed by atoms with E-state index in [1.165, 1.54) is 41.4 Å². The first-order chi connectivity index (χ1) is 8.88. The van der Waals surface area contributed by atoms with Crippen LogP contribution in [0.5, 0.6) is 0 Å². The van der Waals surface area contributed by atoms with E-state index in [0.29, 0.717) is 6.04 Å². The van der Waals surface area contributed by atoms with Crippen LogP contribution >= 0.6 is 0 Å². The number of hydrogen-bond acceptors (Lipinski definition) is 2. The van der Waals surface area contributed by atoms with Crippen LogP contribution in [0.15, 0.2) is 18.2 Å². The zero-order valence-electron chi connectivity index (χ0n) is 10.4. The quantitative estimate of drug-likeness (QED) is 0.803. The summed E-state index contributed by atoms with van der Waals surface area (Å²) in [5.74, 6) is 0. The molecule has 1 aliphatic heterocycles. The molecule has 0 spiro atoms. The third-order valence-corrected chi connectivity index (χ3v) is 4.44.